The molecule has 0 unspecified atom stereocenters. The average molecular weight is 316 g/mol. The Morgan fingerprint density at radius 1 is 1.00 bits per heavy atom. The molecule has 0 bridgehead atoms. The lowest BCUT2D eigenvalue weighted by molar-refractivity contribution is -0.138. The Kier molecular flexibility index (Phi) is 4.65. The lowest BCUT2D eigenvalue weighted by atomic mass is 10.2. The number of carbonyl (C=O) groups is 5. The van der Waals surface area contributed by atoms with Crippen molar-refractivity contribution >= 4 is 29.6 Å². The number of nitrogens with one attached hydrogen (secondary N) is 1. The number of carboxylic acid groups (broad SMARTS) is 1. The second kappa shape index (κ2) is 6.65. The maximum absolute atomic E-state index is 11.2. The molecule has 3 rings (SSSR count). The van der Waals surface area contributed by atoms with E-state index in [1.807, 2.05) is 5.32 Å². The molecule has 4 amide bonds. The first-order valence-electron chi connectivity index (χ1n) is 6.61. The summed E-state index contributed by atoms with van der Waals surface area (Å²) in [7, 11) is 0. The summed E-state index contributed by atoms with van der Waals surface area (Å²) >= 11 is 0. The monoisotopic (exact) mass is 316 g/mol. The number of likely N-dealkylation sites (tertiary alicyclic amines) is 1. The Morgan fingerprint density at radius 2 is 1.57 bits per heavy atom. The molecule has 0 saturated carbocycles. The van der Waals surface area contributed by atoms with E-state index >= 15 is 0 Å². The zero-order valence-corrected chi connectivity index (χ0v) is 11.8. The van der Waals surface area contributed by atoms with Gasteiger partial charge in [0, 0.05) is 18.9 Å². The van der Waals surface area contributed by atoms with Gasteiger partial charge in [-0.25, -0.2) is 9.69 Å². The molecule has 2 N–H and O–H groups in total. The topological polar surface area (TPSA) is 121 Å². The van der Waals surface area contributed by atoms with E-state index in [1.165, 1.54) is 0 Å². The van der Waals surface area contributed by atoms with Crippen LogP contribution in [-0.2, 0) is 19.2 Å². The van der Waals surface area contributed by atoms with E-state index in [4.69, 9.17) is 5.11 Å². The third-order valence-corrected chi connectivity index (χ3v) is 3.05. The smallest absolute Gasteiger partial charge is 0.335 e. The van der Waals surface area contributed by atoms with Crippen molar-refractivity contribution in [3.8, 4) is 0 Å². The van der Waals surface area contributed by atoms with Crippen LogP contribution in [0.3, 0.4) is 0 Å². The highest BCUT2D eigenvalue weighted by Crippen LogP contribution is 2.19. The lowest BCUT2D eigenvalue weighted by Gasteiger charge is -2.11. The maximum atomic E-state index is 11.2. The highest BCUT2D eigenvalue weighted by atomic mass is 16.4. The molecule has 2 aliphatic heterocycles. The number of rotatable bonds is 2. The van der Waals surface area contributed by atoms with Gasteiger partial charge in [0.1, 0.15) is 5.70 Å². The van der Waals surface area contributed by atoms with Crippen LogP contribution in [-0.4, -0.2) is 39.6 Å². The van der Waals surface area contributed by atoms with Crippen LogP contribution in [0.15, 0.2) is 42.1 Å². The van der Waals surface area contributed by atoms with Gasteiger partial charge in [0.25, 0.3) is 11.8 Å². The number of imide groups is 2. The Balaban J connectivity index is 0.000000185. The molecule has 1 aromatic rings. The number of hydrogen-bond acceptors (Lipinski definition) is 5. The van der Waals surface area contributed by atoms with Gasteiger partial charge in [-0.2, -0.15) is 0 Å². The van der Waals surface area contributed by atoms with E-state index in [9.17, 15) is 24.0 Å². The highest BCUT2D eigenvalue weighted by molar-refractivity contribution is 6.20. The van der Waals surface area contributed by atoms with Crippen LogP contribution in [0, 0.1) is 0 Å². The zero-order valence-electron chi connectivity index (χ0n) is 11.8. The number of amides is 4. The van der Waals surface area contributed by atoms with Crippen molar-refractivity contribution in [2.24, 2.45) is 0 Å². The van der Waals surface area contributed by atoms with Gasteiger partial charge in [-0.15, -0.1) is 0 Å². The van der Waals surface area contributed by atoms with E-state index in [-0.39, 0.29) is 18.5 Å². The van der Waals surface area contributed by atoms with Crippen molar-refractivity contribution in [1.29, 1.82) is 0 Å². The predicted molar refractivity (Wildman–Crippen MR) is 75.7 cm³/mol. The van der Waals surface area contributed by atoms with Gasteiger partial charge >= 0.3 is 5.97 Å². The van der Waals surface area contributed by atoms with E-state index in [0.717, 1.165) is 11.0 Å². The molecule has 2 aliphatic rings. The number of carbonyl (C=O) groups excluding carboxylic acids is 4. The molecule has 2 heterocycles. The zero-order chi connectivity index (χ0) is 17.0. The van der Waals surface area contributed by atoms with E-state index in [2.05, 4.69) is 0 Å². The van der Waals surface area contributed by atoms with E-state index in [0.29, 0.717) is 5.56 Å². The Bertz CT molecular complexity index is 707. The standard InChI is InChI=1S/C8H6N2O4.C7H6O2/c11-5-3-4(8(14)9-5)10-6(12)1-2-7(10)13;8-7(9)6-4-2-1-3-5-6/h3H,1-2H2,(H,9,11,14);1-5H,(H,8,9). The molecule has 0 spiro atoms. The number of hydrogen-bond donors (Lipinski definition) is 2. The maximum Gasteiger partial charge on any atom is 0.335 e. The van der Waals surface area contributed by atoms with Crippen LogP contribution in [0.5, 0.6) is 0 Å². The summed E-state index contributed by atoms with van der Waals surface area (Å²) in [5, 5.41) is 10.4. The summed E-state index contributed by atoms with van der Waals surface area (Å²) in [6, 6.07) is 8.30. The first-order chi connectivity index (χ1) is 10.9. The van der Waals surface area contributed by atoms with Crippen molar-refractivity contribution < 1.29 is 29.1 Å². The molecule has 0 atom stereocenters. The van der Waals surface area contributed by atoms with Gasteiger partial charge in [-0.05, 0) is 12.1 Å². The van der Waals surface area contributed by atoms with Crippen molar-refractivity contribution in [1.82, 2.24) is 10.2 Å². The molecule has 1 aromatic carbocycles. The van der Waals surface area contributed by atoms with Crippen LogP contribution in [0.25, 0.3) is 0 Å². The number of benzene rings is 1. The lowest BCUT2D eigenvalue weighted by Crippen LogP contribution is -2.34. The SMILES string of the molecule is O=C(O)c1ccccc1.O=C1C=C(N2C(=O)CCC2=O)C(=O)N1. The fourth-order valence-corrected chi connectivity index (χ4v) is 1.99. The molecule has 0 aromatic heterocycles. The fourth-order valence-electron chi connectivity index (χ4n) is 1.99. The summed E-state index contributed by atoms with van der Waals surface area (Å²) in [5.74, 6) is -3.05. The van der Waals surface area contributed by atoms with Crippen molar-refractivity contribution in [2.75, 3.05) is 0 Å². The third kappa shape index (κ3) is 3.67. The van der Waals surface area contributed by atoms with Gasteiger partial charge in [-0.3, -0.25) is 24.5 Å². The molecule has 118 valence electrons. The number of carboxylic acids is 1. The summed E-state index contributed by atoms with van der Waals surface area (Å²) in [6.45, 7) is 0. The molecule has 0 radical (unpaired) electrons. The molecule has 8 nitrogen and oxygen atoms in total. The van der Waals surface area contributed by atoms with Crippen molar-refractivity contribution in [2.45, 2.75) is 12.8 Å². The summed E-state index contributed by atoms with van der Waals surface area (Å²) in [4.78, 5) is 55.3. The second-order valence-corrected chi connectivity index (χ2v) is 4.64. The van der Waals surface area contributed by atoms with Gasteiger partial charge in [-0.1, -0.05) is 18.2 Å². The van der Waals surface area contributed by atoms with Gasteiger partial charge in [0.15, 0.2) is 0 Å². The minimum atomic E-state index is -0.879. The van der Waals surface area contributed by atoms with Gasteiger partial charge in [0.05, 0.1) is 5.56 Å². The molecular formula is C15H12N2O6. The molecule has 0 aliphatic carbocycles. The third-order valence-electron chi connectivity index (χ3n) is 3.05. The molecule has 1 saturated heterocycles. The van der Waals surface area contributed by atoms with Crippen LogP contribution in [0.2, 0.25) is 0 Å². The van der Waals surface area contributed by atoms with Crippen LogP contribution in [0.1, 0.15) is 23.2 Å². The first-order valence-corrected chi connectivity index (χ1v) is 6.61. The second-order valence-electron chi connectivity index (χ2n) is 4.64. The first kappa shape index (κ1) is 16.1. The largest absolute Gasteiger partial charge is 0.478 e. The molecule has 8 heteroatoms. The van der Waals surface area contributed by atoms with Gasteiger partial charge < -0.3 is 5.11 Å². The minimum absolute atomic E-state index is 0.0949. The normalized spacial score (nSPS) is 16.7. The average Bonchev–Trinajstić information content (AvgIpc) is 3.02. The van der Waals surface area contributed by atoms with Crippen molar-refractivity contribution in [3.63, 3.8) is 0 Å². The summed E-state index contributed by atoms with van der Waals surface area (Å²) in [5.41, 5.74) is 0.167. The summed E-state index contributed by atoms with van der Waals surface area (Å²) in [6.07, 6.45) is 1.15. The van der Waals surface area contributed by atoms with Gasteiger partial charge in [0.2, 0.25) is 11.8 Å². The number of nitrogens with zero attached hydrogens (tertiary/aromatic N) is 1. The highest BCUT2D eigenvalue weighted by Gasteiger charge is 2.37. The number of aromatic carboxylic acids is 1. The Labute approximate surface area is 130 Å². The Morgan fingerprint density at radius 3 is 1.96 bits per heavy atom. The van der Waals surface area contributed by atoms with Crippen LogP contribution >= 0.6 is 0 Å². The van der Waals surface area contributed by atoms with Crippen molar-refractivity contribution in [3.05, 3.63) is 47.7 Å². The summed E-state index contributed by atoms with van der Waals surface area (Å²) < 4.78 is 0. The van der Waals surface area contributed by atoms with Crippen LogP contribution in [0.4, 0.5) is 0 Å². The predicted octanol–water partition coefficient (Wildman–Crippen LogP) is 0.0605. The van der Waals surface area contributed by atoms with E-state index < -0.39 is 29.6 Å². The molecule has 23 heavy (non-hydrogen) atoms. The van der Waals surface area contributed by atoms with Crippen LogP contribution < -0.4 is 5.32 Å². The van der Waals surface area contributed by atoms with E-state index in [1.54, 1.807) is 30.3 Å². The molecular weight excluding hydrogens is 304 g/mol. The molecule has 1 fully saturated rings. The Hall–Kier alpha value is -3.29. The minimum Gasteiger partial charge on any atom is -0.478 e. The quantitative estimate of drug-likeness (QED) is 0.744. The fraction of sp³-hybridized carbons (Fsp3) is 0.133.